The Kier molecular flexibility index (Phi) is 32.7. The van der Waals surface area contributed by atoms with E-state index in [0.717, 1.165) is 48.1 Å². The molecule has 0 saturated carbocycles. The molecule has 0 fully saturated rings. The lowest BCUT2D eigenvalue weighted by Crippen LogP contribution is -2.17. The zero-order valence-corrected chi connectivity index (χ0v) is 52.2. The van der Waals surface area contributed by atoms with Gasteiger partial charge in [0.15, 0.2) is 0 Å². The second-order valence-corrected chi connectivity index (χ2v) is 24.9. The lowest BCUT2D eigenvalue weighted by atomic mass is 9.83. The summed E-state index contributed by atoms with van der Waals surface area (Å²) < 4.78 is 36.0. The van der Waals surface area contributed by atoms with E-state index in [2.05, 4.69) is 223 Å². The van der Waals surface area contributed by atoms with Crippen LogP contribution >= 0.6 is 37.9 Å². The average Bonchev–Trinajstić information content (AvgIpc) is 3.15. The van der Waals surface area contributed by atoms with Crippen LogP contribution in [0.25, 0.3) is 0 Å². The first-order valence-electron chi connectivity index (χ1n) is 25.8. The van der Waals surface area contributed by atoms with Gasteiger partial charge in [-0.3, -0.25) is 14.1 Å². The van der Waals surface area contributed by atoms with Gasteiger partial charge in [0.05, 0.1) is 73.2 Å². The highest BCUT2D eigenvalue weighted by atomic mass is 32.1. The third kappa shape index (κ3) is 24.3. The van der Waals surface area contributed by atoms with Gasteiger partial charge in [-0.25, -0.2) is 0 Å². The van der Waals surface area contributed by atoms with E-state index in [0.29, 0.717) is 0 Å². The van der Waals surface area contributed by atoms with Gasteiger partial charge in [0, 0.05) is 14.7 Å². The van der Waals surface area contributed by atoms with Crippen LogP contribution in [-0.2, 0) is 44.7 Å². The molecule has 3 aromatic carbocycles. The van der Waals surface area contributed by atoms with Crippen molar-refractivity contribution in [2.45, 2.75) is 291 Å². The fraction of sp³-hybridized carbons (Fsp3) is 0.700. The first-order chi connectivity index (χ1) is 31.3. The first kappa shape index (κ1) is 74.1. The van der Waals surface area contributed by atoms with E-state index in [1.807, 2.05) is 0 Å². The minimum atomic E-state index is -0.0187. The Balaban J connectivity index is -0.000000972. The fourth-order valence-corrected chi connectivity index (χ4v) is 9.37. The van der Waals surface area contributed by atoms with Crippen LogP contribution in [0.3, 0.4) is 0 Å². The smallest absolute Gasteiger partial charge is 0.0814 e. The van der Waals surface area contributed by atoms with Crippen molar-refractivity contribution in [1.29, 1.82) is 0 Å². The Labute approximate surface area is 455 Å². The molecule has 0 bridgehead atoms. The summed E-state index contributed by atoms with van der Waals surface area (Å²) in [5, 5.41) is 0. The normalized spacial score (nSPS) is 14.6. The molecule has 0 aliphatic rings. The highest BCUT2D eigenvalue weighted by molar-refractivity contribution is 7.80. The van der Waals surface area contributed by atoms with Crippen LogP contribution in [0.5, 0.6) is 0 Å². The lowest BCUT2D eigenvalue weighted by Gasteiger charge is -2.27. The molecule has 3 radical (unpaired) electrons. The predicted molar refractivity (Wildman–Crippen MR) is 308 cm³/mol. The third-order valence-electron chi connectivity index (χ3n) is 11.5. The van der Waals surface area contributed by atoms with Gasteiger partial charge in [-0.05, 0) is 191 Å². The van der Waals surface area contributed by atoms with E-state index in [1.165, 1.54) is 16.7 Å². The molecule has 417 valence electrons. The zero-order chi connectivity index (χ0) is 53.8. The van der Waals surface area contributed by atoms with Gasteiger partial charge in [0.2, 0.25) is 0 Å². The molecule has 6 nitrogen and oxygen atoms in total. The number of ether oxygens (including phenoxy) is 6. The summed E-state index contributed by atoms with van der Waals surface area (Å²) in [4.78, 5) is 2.62. The van der Waals surface area contributed by atoms with E-state index in [4.69, 9.17) is 66.3 Å². The van der Waals surface area contributed by atoms with Crippen molar-refractivity contribution in [2.24, 2.45) is 0 Å². The van der Waals surface area contributed by atoms with Crippen molar-refractivity contribution in [3.8, 4) is 0 Å². The van der Waals surface area contributed by atoms with Crippen molar-refractivity contribution in [3.63, 3.8) is 0 Å². The molecule has 3 aromatic rings. The lowest BCUT2D eigenvalue weighted by molar-refractivity contribution is 0.0108. The van der Waals surface area contributed by atoms with Crippen molar-refractivity contribution in [2.75, 3.05) is 0 Å². The van der Waals surface area contributed by atoms with Gasteiger partial charge in [-0.1, -0.05) is 137 Å². The van der Waals surface area contributed by atoms with Gasteiger partial charge < -0.3 is 28.4 Å². The number of halogens is 3. The van der Waals surface area contributed by atoms with Crippen LogP contribution in [-0.4, -0.2) is 36.6 Å². The Morgan fingerprint density at radius 2 is 0.375 bits per heavy atom. The van der Waals surface area contributed by atoms with E-state index >= 15 is 0 Å². The van der Waals surface area contributed by atoms with Crippen LogP contribution in [0.1, 0.15) is 274 Å². The molecule has 0 aliphatic carbocycles. The second-order valence-electron chi connectivity index (χ2n) is 23.7. The monoisotopic (exact) mass is 1070 g/mol. The molecule has 6 unspecified atom stereocenters. The molecule has 12 heteroatoms. The number of rotatable bonds is 18. The zero-order valence-electron chi connectivity index (χ0n) is 49.8. The number of benzene rings is 3. The average molecular weight is 1070 g/mol. The largest absolute Gasteiger partial charge is 0.371 e. The Bertz CT molecular complexity index is 1680. The third-order valence-corrected chi connectivity index (χ3v) is 12.9. The molecule has 3 rings (SSSR count). The molecule has 0 spiro atoms. The highest BCUT2D eigenvalue weighted by Crippen LogP contribution is 2.41. The summed E-state index contributed by atoms with van der Waals surface area (Å²) in [5.74, 6) is 0. The standard InChI is InChI=1S/3C20H33O2S.3FH/c3*1-12(2)21-14(5)17-10-16(20(7,8)9)11-18(19(17)23)15(6)22-13(3)4;;;/h3*10-15H,1-9H3;3*1H. The summed E-state index contributed by atoms with van der Waals surface area (Å²) in [6, 6.07) is 13.3. The predicted octanol–water partition coefficient (Wildman–Crippen LogP) is 20.0. The van der Waals surface area contributed by atoms with E-state index in [-0.39, 0.29) is 104 Å². The van der Waals surface area contributed by atoms with Gasteiger partial charge in [-0.15, -0.1) is 0 Å². The van der Waals surface area contributed by atoms with Crippen LogP contribution in [0.4, 0.5) is 14.1 Å². The van der Waals surface area contributed by atoms with Crippen molar-refractivity contribution in [1.82, 2.24) is 0 Å². The van der Waals surface area contributed by atoms with Crippen LogP contribution in [0, 0.1) is 0 Å². The van der Waals surface area contributed by atoms with E-state index in [9.17, 15) is 0 Å². The molecule has 0 aliphatic heterocycles. The minimum absolute atomic E-state index is 0. The quantitative estimate of drug-likeness (QED) is 0.127. The number of hydrogen-bond donors (Lipinski definition) is 0. The molecular weight excluding hydrogens is 970 g/mol. The minimum Gasteiger partial charge on any atom is -0.371 e. The molecule has 0 heterocycles. The summed E-state index contributed by atoms with van der Waals surface area (Å²) >= 11 is 17.3. The van der Waals surface area contributed by atoms with Crippen molar-refractivity contribution in [3.05, 3.63) is 86.5 Å². The Morgan fingerprint density at radius 1 is 0.264 bits per heavy atom. The van der Waals surface area contributed by atoms with Crippen molar-refractivity contribution < 1.29 is 42.5 Å². The fourth-order valence-electron chi connectivity index (χ4n) is 8.02. The maximum Gasteiger partial charge on any atom is 0.0814 e. The first-order valence-corrected chi connectivity index (χ1v) is 27.0. The van der Waals surface area contributed by atoms with Crippen LogP contribution in [0.2, 0.25) is 0 Å². The maximum absolute atomic E-state index is 5.99. The van der Waals surface area contributed by atoms with Gasteiger partial charge in [0.25, 0.3) is 0 Å². The molecule has 6 atom stereocenters. The van der Waals surface area contributed by atoms with E-state index < -0.39 is 0 Å². The summed E-state index contributed by atoms with van der Waals surface area (Å²) in [6.45, 7) is 57.1. The molecule has 0 aromatic heterocycles. The highest BCUT2D eigenvalue weighted by Gasteiger charge is 2.27. The van der Waals surface area contributed by atoms with Crippen LogP contribution < -0.4 is 0 Å². The van der Waals surface area contributed by atoms with E-state index in [1.54, 1.807) is 0 Å². The van der Waals surface area contributed by atoms with Gasteiger partial charge in [-0.2, -0.15) is 0 Å². The number of hydrogen-bond acceptors (Lipinski definition) is 6. The summed E-state index contributed by atoms with van der Waals surface area (Å²) in [7, 11) is 0. The molecule has 0 amide bonds. The molecule has 72 heavy (non-hydrogen) atoms. The maximum atomic E-state index is 5.99. The molecule has 0 N–H and O–H groups in total. The van der Waals surface area contributed by atoms with Gasteiger partial charge >= 0.3 is 0 Å². The Morgan fingerprint density at radius 3 is 0.458 bits per heavy atom. The topological polar surface area (TPSA) is 55.4 Å². The Hall–Kier alpha value is -2.13. The molecular formula is C60H102F3O6S3. The SMILES string of the molecule is CC(C)OC(C)c1cc(C(C)(C)C)cc(C(C)OC(C)C)c1[S].CC(C)OC(C)c1cc(C(C)(C)C)cc(C(C)OC(C)C)c1[S].CC(C)OC(C)c1cc(C(C)(C)C)cc(C(C)OC(C)C)c1[S].F.F.F. The second kappa shape index (κ2) is 31.8. The summed E-state index contributed by atoms with van der Waals surface area (Å²) in [5.41, 5.74) is 10.5. The summed E-state index contributed by atoms with van der Waals surface area (Å²) in [6.07, 6.45) is 0.918. The molecule has 0 saturated heterocycles. The van der Waals surface area contributed by atoms with Gasteiger partial charge in [0.1, 0.15) is 0 Å². The van der Waals surface area contributed by atoms with Crippen LogP contribution in [0.15, 0.2) is 51.1 Å². The van der Waals surface area contributed by atoms with Crippen molar-refractivity contribution >= 4 is 37.9 Å².